The molecule has 0 bridgehead atoms. The zero-order valence-electron chi connectivity index (χ0n) is 21.7. The molecule has 6 aromatic rings. The number of H-pyrrole nitrogens is 2. The highest BCUT2D eigenvalue weighted by Gasteiger charge is 2.17. The molecule has 0 radical (unpaired) electrons. The maximum absolute atomic E-state index is 11.8. The first-order chi connectivity index (χ1) is 19.0. The van der Waals surface area contributed by atoms with Gasteiger partial charge < -0.3 is 15.4 Å². The Bertz CT molecular complexity index is 1800. The number of fused-ring (bicyclic) bond motifs is 2. The van der Waals surface area contributed by atoms with Crippen LogP contribution in [0, 0.1) is 0 Å². The Hall–Kier alpha value is -4.34. The first-order valence-corrected chi connectivity index (χ1v) is 13.8. The molecule has 0 amide bonds. The first kappa shape index (κ1) is 25.0. The second-order valence-corrected chi connectivity index (χ2v) is 10.7. The second kappa shape index (κ2) is 10.4. The lowest BCUT2D eigenvalue weighted by molar-refractivity contribution is 0.102. The number of nitrogens with one attached hydrogen (secondary N) is 3. The zero-order valence-corrected chi connectivity index (χ0v) is 22.5. The molecule has 5 aromatic heterocycles. The highest BCUT2D eigenvalue weighted by atomic mass is 32.1. The summed E-state index contributed by atoms with van der Waals surface area (Å²) in [5.41, 5.74) is 7.55. The van der Waals surface area contributed by atoms with Gasteiger partial charge in [0.25, 0.3) is 0 Å². The number of aromatic nitrogens is 5. The molecular weight excluding hydrogens is 508 g/mol. The minimum absolute atomic E-state index is 0.0715. The molecule has 5 heterocycles. The Morgan fingerprint density at radius 2 is 2.00 bits per heavy atom. The second-order valence-electron chi connectivity index (χ2n) is 9.60. The number of carbonyl (C=O) groups excluding carboxylic acids is 1. The molecule has 0 saturated carbocycles. The van der Waals surface area contributed by atoms with Gasteiger partial charge in [-0.3, -0.25) is 14.9 Å². The van der Waals surface area contributed by atoms with Crippen LogP contribution in [0.15, 0.2) is 67.0 Å². The van der Waals surface area contributed by atoms with Crippen molar-refractivity contribution in [1.82, 2.24) is 25.1 Å². The SMILES string of the molecule is CCCCC(O)Nc1cncc(-c2ccc3[nH]nc(-c4cc5c(-c6ccc(C(C)=O)s6)cccc5[nH]4)c3n2)c1. The van der Waals surface area contributed by atoms with Crippen molar-refractivity contribution < 1.29 is 9.90 Å². The third-order valence-corrected chi connectivity index (χ3v) is 7.96. The number of pyridine rings is 2. The number of ketones is 1. The van der Waals surface area contributed by atoms with Crippen LogP contribution in [0.3, 0.4) is 0 Å². The normalized spacial score (nSPS) is 12.3. The van der Waals surface area contributed by atoms with Gasteiger partial charge in [-0.1, -0.05) is 25.5 Å². The van der Waals surface area contributed by atoms with Gasteiger partial charge in [0.1, 0.15) is 17.4 Å². The van der Waals surface area contributed by atoms with Gasteiger partial charge >= 0.3 is 0 Å². The van der Waals surface area contributed by atoms with E-state index in [1.54, 1.807) is 19.3 Å². The molecule has 1 unspecified atom stereocenters. The average molecular weight is 537 g/mol. The third-order valence-electron chi connectivity index (χ3n) is 6.74. The maximum Gasteiger partial charge on any atom is 0.169 e. The van der Waals surface area contributed by atoms with E-state index in [4.69, 9.17) is 4.98 Å². The minimum Gasteiger partial charge on any atom is -0.374 e. The van der Waals surface area contributed by atoms with E-state index in [0.717, 1.165) is 78.4 Å². The highest BCUT2D eigenvalue weighted by molar-refractivity contribution is 7.17. The lowest BCUT2D eigenvalue weighted by atomic mass is 10.1. The van der Waals surface area contributed by atoms with E-state index in [1.807, 2.05) is 42.5 Å². The van der Waals surface area contributed by atoms with E-state index in [1.165, 1.54) is 11.3 Å². The summed E-state index contributed by atoms with van der Waals surface area (Å²) in [6.45, 7) is 3.69. The lowest BCUT2D eigenvalue weighted by Gasteiger charge is -2.14. The number of aliphatic hydroxyl groups is 1. The molecule has 4 N–H and O–H groups in total. The standard InChI is InChI=1S/C30H28N6O2S/c1-3-4-8-28(38)32-19-13-18(15-31-16-19)22-9-10-24-29(34-22)30(36-35-24)25-14-21-20(6-5-7-23(21)33-25)27-12-11-26(39-27)17(2)37/h5-7,9-16,28,32-33,38H,3-4,8H2,1-2H3,(H,35,36). The predicted molar refractivity (Wildman–Crippen MR) is 157 cm³/mol. The molecule has 9 heteroatoms. The number of aromatic amines is 2. The molecule has 6 rings (SSSR count). The van der Waals surface area contributed by atoms with Crippen LogP contribution >= 0.6 is 11.3 Å². The van der Waals surface area contributed by atoms with Crippen molar-refractivity contribution in [2.24, 2.45) is 0 Å². The third kappa shape index (κ3) is 4.94. The first-order valence-electron chi connectivity index (χ1n) is 13.0. The number of carbonyl (C=O) groups is 1. The summed E-state index contributed by atoms with van der Waals surface area (Å²) in [6.07, 6.45) is 5.51. The van der Waals surface area contributed by atoms with Crippen molar-refractivity contribution in [3.63, 3.8) is 0 Å². The van der Waals surface area contributed by atoms with E-state index in [9.17, 15) is 9.90 Å². The van der Waals surface area contributed by atoms with Gasteiger partial charge in [0, 0.05) is 33.1 Å². The van der Waals surface area contributed by atoms with Gasteiger partial charge in [-0.05, 0) is 62.2 Å². The van der Waals surface area contributed by atoms with E-state index >= 15 is 0 Å². The molecule has 0 saturated heterocycles. The van der Waals surface area contributed by atoms with Gasteiger partial charge in [-0.2, -0.15) is 5.10 Å². The summed E-state index contributed by atoms with van der Waals surface area (Å²) in [6, 6.07) is 17.9. The molecule has 1 aromatic carbocycles. The fraction of sp³-hybridized carbons (Fsp3) is 0.200. The van der Waals surface area contributed by atoms with Gasteiger partial charge in [-0.15, -0.1) is 11.3 Å². The fourth-order valence-electron chi connectivity index (χ4n) is 4.74. The molecule has 0 fully saturated rings. The van der Waals surface area contributed by atoms with Crippen LogP contribution in [0.1, 0.15) is 42.8 Å². The molecule has 0 aliphatic rings. The summed E-state index contributed by atoms with van der Waals surface area (Å²) in [7, 11) is 0. The number of thiophene rings is 1. The van der Waals surface area contributed by atoms with Crippen molar-refractivity contribution in [1.29, 1.82) is 0 Å². The number of nitrogens with zero attached hydrogens (tertiary/aromatic N) is 3. The topological polar surface area (TPSA) is 120 Å². The lowest BCUT2D eigenvalue weighted by Crippen LogP contribution is -2.18. The maximum atomic E-state index is 11.8. The van der Waals surface area contributed by atoms with Gasteiger partial charge in [0.05, 0.1) is 33.7 Å². The average Bonchev–Trinajstić information content (AvgIpc) is 3.69. The Balaban J connectivity index is 1.36. The summed E-state index contributed by atoms with van der Waals surface area (Å²) < 4.78 is 0. The van der Waals surface area contributed by atoms with Crippen molar-refractivity contribution in [2.45, 2.75) is 39.3 Å². The Morgan fingerprint density at radius 3 is 2.82 bits per heavy atom. The van der Waals surface area contributed by atoms with Crippen molar-refractivity contribution in [3.05, 3.63) is 71.9 Å². The van der Waals surface area contributed by atoms with Crippen LogP contribution in [-0.2, 0) is 0 Å². The molecular formula is C30H28N6O2S. The molecule has 0 aliphatic heterocycles. The number of rotatable bonds is 9. The van der Waals surface area contributed by atoms with Gasteiger partial charge in [0.2, 0.25) is 0 Å². The summed E-state index contributed by atoms with van der Waals surface area (Å²) in [5, 5.41) is 22.1. The van der Waals surface area contributed by atoms with Crippen molar-refractivity contribution >= 4 is 44.7 Å². The van der Waals surface area contributed by atoms with Crippen molar-refractivity contribution in [3.8, 4) is 33.1 Å². The molecule has 8 nitrogen and oxygen atoms in total. The van der Waals surface area contributed by atoms with Crippen LogP contribution in [0.2, 0.25) is 0 Å². The van der Waals surface area contributed by atoms with Gasteiger partial charge in [-0.25, -0.2) is 4.98 Å². The van der Waals surface area contributed by atoms with Crippen LogP contribution < -0.4 is 5.32 Å². The highest BCUT2D eigenvalue weighted by Crippen LogP contribution is 2.37. The van der Waals surface area contributed by atoms with Crippen LogP contribution in [-0.4, -0.2) is 42.3 Å². The monoisotopic (exact) mass is 536 g/mol. The van der Waals surface area contributed by atoms with E-state index in [2.05, 4.69) is 44.5 Å². The van der Waals surface area contributed by atoms with Crippen LogP contribution in [0.4, 0.5) is 5.69 Å². The van der Waals surface area contributed by atoms with Crippen LogP contribution in [0.5, 0.6) is 0 Å². The van der Waals surface area contributed by atoms with E-state index in [-0.39, 0.29) is 5.78 Å². The molecule has 196 valence electrons. The zero-order chi connectivity index (χ0) is 26.9. The number of hydrogen-bond acceptors (Lipinski definition) is 7. The number of unbranched alkanes of at least 4 members (excludes halogenated alkanes) is 1. The number of aliphatic hydroxyl groups excluding tert-OH is 1. The van der Waals surface area contributed by atoms with Gasteiger partial charge in [0.15, 0.2) is 5.78 Å². The van der Waals surface area contributed by atoms with Crippen LogP contribution in [0.25, 0.3) is 55.0 Å². The Morgan fingerprint density at radius 1 is 1.10 bits per heavy atom. The largest absolute Gasteiger partial charge is 0.374 e. The van der Waals surface area contributed by atoms with E-state index < -0.39 is 6.23 Å². The van der Waals surface area contributed by atoms with E-state index in [0.29, 0.717) is 6.42 Å². The minimum atomic E-state index is -0.618. The summed E-state index contributed by atoms with van der Waals surface area (Å²) in [5.74, 6) is 0.0715. The Kier molecular flexibility index (Phi) is 6.68. The number of Topliss-reactive ketones (excluding diaryl/α,β-unsaturated/α-hetero) is 1. The molecule has 0 aliphatic carbocycles. The molecule has 0 spiro atoms. The number of anilines is 1. The summed E-state index contributed by atoms with van der Waals surface area (Å²) in [4.78, 5) is 26.4. The number of hydrogen-bond donors (Lipinski definition) is 4. The Labute approximate surface area is 229 Å². The quantitative estimate of drug-likeness (QED) is 0.116. The molecule has 39 heavy (non-hydrogen) atoms. The smallest absolute Gasteiger partial charge is 0.169 e. The predicted octanol–water partition coefficient (Wildman–Crippen LogP) is 7.02. The molecule has 1 atom stereocenters. The number of benzene rings is 1. The fourth-order valence-corrected chi connectivity index (χ4v) is 5.68. The van der Waals surface area contributed by atoms with Crippen molar-refractivity contribution in [2.75, 3.05) is 5.32 Å². The summed E-state index contributed by atoms with van der Waals surface area (Å²) >= 11 is 1.50.